The van der Waals surface area contributed by atoms with Gasteiger partial charge >= 0.3 is 11.8 Å². The molecule has 104 valence electrons. The Hall–Kier alpha value is -1.88. The summed E-state index contributed by atoms with van der Waals surface area (Å²) in [6, 6.07) is 9.42. The highest BCUT2D eigenvalue weighted by atomic mass is 16.2. The highest BCUT2D eigenvalue weighted by molar-refractivity contribution is 6.35. The summed E-state index contributed by atoms with van der Waals surface area (Å²) in [7, 11) is 0. The van der Waals surface area contributed by atoms with Gasteiger partial charge in [0.2, 0.25) is 0 Å². The maximum atomic E-state index is 11.5. The van der Waals surface area contributed by atoms with E-state index in [1.807, 2.05) is 44.2 Å². The number of nitrogens with two attached hydrogens (primary N) is 1. The number of nitrogens with one attached hydrogen (secondary N) is 2. The Labute approximate surface area is 113 Å². The zero-order chi connectivity index (χ0) is 14.3. The van der Waals surface area contributed by atoms with Crippen LogP contribution in [0.3, 0.4) is 0 Å². The van der Waals surface area contributed by atoms with E-state index >= 15 is 0 Å². The number of amides is 2. The van der Waals surface area contributed by atoms with Crippen LogP contribution in [-0.2, 0) is 16.1 Å². The minimum atomic E-state index is -0.626. The van der Waals surface area contributed by atoms with Crippen molar-refractivity contribution in [1.29, 1.82) is 0 Å². The Kier molecular flexibility index (Phi) is 5.51. The van der Waals surface area contributed by atoms with Crippen LogP contribution in [0.4, 0.5) is 0 Å². The maximum absolute atomic E-state index is 11.5. The molecule has 0 aliphatic carbocycles. The molecule has 1 aromatic rings. The lowest BCUT2D eigenvalue weighted by Crippen LogP contribution is -2.42. The monoisotopic (exact) mass is 263 g/mol. The van der Waals surface area contributed by atoms with Crippen molar-refractivity contribution in [3.05, 3.63) is 35.9 Å². The molecule has 0 atom stereocenters. The molecule has 0 spiro atoms. The third-order valence-corrected chi connectivity index (χ3v) is 2.56. The summed E-state index contributed by atoms with van der Waals surface area (Å²) in [4.78, 5) is 23.0. The van der Waals surface area contributed by atoms with Gasteiger partial charge in [-0.1, -0.05) is 30.3 Å². The second-order valence-corrected chi connectivity index (χ2v) is 5.16. The normalized spacial score (nSPS) is 10.9. The van der Waals surface area contributed by atoms with Gasteiger partial charge in [0.25, 0.3) is 0 Å². The molecule has 0 fully saturated rings. The average molecular weight is 263 g/mol. The van der Waals surface area contributed by atoms with Crippen molar-refractivity contribution in [2.24, 2.45) is 5.73 Å². The summed E-state index contributed by atoms with van der Waals surface area (Å²) < 4.78 is 0. The quantitative estimate of drug-likeness (QED) is 0.678. The van der Waals surface area contributed by atoms with Gasteiger partial charge in [0, 0.05) is 18.6 Å². The Morgan fingerprint density at radius 2 is 1.68 bits per heavy atom. The predicted molar refractivity (Wildman–Crippen MR) is 74.2 cm³/mol. The number of rotatable bonds is 5. The maximum Gasteiger partial charge on any atom is 0.309 e. The van der Waals surface area contributed by atoms with E-state index in [1.54, 1.807) is 0 Å². The van der Waals surface area contributed by atoms with Gasteiger partial charge in [-0.3, -0.25) is 9.59 Å². The van der Waals surface area contributed by atoms with Crippen LogP contribution in [0.1, 0.15) is 25.8 Å². The minimum absolute atomic E-state index is 0.343. The van der Waals surface area contributed by atoms with Crippen LogP contribution in [0, 0.1) is 0 Å². The molecule has 5 nitrogen and oxygen atoms in total. The first-order chi connectivity index (χ1) is 8.88. The van der Waals surface area contributed by atoms with E-state index in [-0.39, 0.29) is 5.54 Å². The van der Waals surface area contributed by atoms with Gasteiger partial charge in [-0.05, 0) is 25.8 Å². The van der Waals surface area contributed by atoms with Crippen molar-refractivity contribution in [1.82, 2.24) is 10.6 Å². The molecule has 0 saturated heterocycles. The van der Waals surface area contributed by atoms with Crippen molar-refractivity contribution in [3.63, 3.8) is 0 Å². The number of benzene rings is 1. The molecule has 0 radical (unpaired) electrons. The average Bonchev–Trinajstić information content (AvgIpc) is 2.35. The molecule has 1 rings (SSSR count). The molecule has 5 heteroatoms. The molecule has 0 aliphatic rings. The van der Waals surface area contributed by atoms with Gasteiger partial charge in [0.05, 0.1) is 0 Å². The van der Waals surface area contributed by atoms with Crippen LogP contribution < -0.4 is 16.4 Å². The highest BCUT2D eigenvalue weighted by Crippen LogP contribution is 2.01. The summed E-state index contributed by atoms with van der Waals surface area (Å²) in [6.07, 6.45) is 0.616. The van der Waals surface area contributed by atoms with Gasteiger partial charge in [0.1, 0.15) is 0 Å². The molecule has 4 N–H and O–H groups in total. The minimum Gasteiger partial charge on any atom is -0.348 e. The predicted octanol–water partition coefficient (Wildman–Crippen LogP) is 0.546. The zero-order valence-corrected chi connectivity index (χ0v) is 11.4. The second-order valence-electron chi connectivity index (χ2n) is 5.16. The smallest absolute Gasteiger partial charge is 0.309 e. The molecule has 0 saturated carbocycles. The number of carbonyl (C=O) groups excluding carboxylic acids is 2. The van der Waals surface area contributed by atoms with Crippen molar-refractivity contribution in [2.75, 3.05) is 6.54 Å². The van der Waals surface area contributed by atoms with Crippen molar-refractivity contribution in [2.45, 2.75) is 32.4 Å². The Morgan fingerprint density at radius 3 is 2.26 bits per heavy atom. The van der Waals surface area contributed by atoms with Crippen LogP contribution in [0.5, 0.6) is 0 Å². The SMILES string of the molecule is CC(C)(N)CCNC(=O)C(=O)NCc1ccccc1. The lowest BCUT2D eigenvalue weighted by Gasteiger charge is -2.18. The van der Waals surface area contributed by atoms with E-state index < -0.39 is 11.8 Å². The van der Waals surface area contributed by atoms with Crippen molar-refractivity contribution >= 4 is 11.8 Å². The summed E-state index contributed by atoms with van der Waals surface area (Å²) in [5.41, 5.74) is 6.38. The summed E-state index contributed by atoms with van der Waals surface area (Å²) in [5, 5.41) is 5.11. The molecule has 2 amide bonds. The molecule has 19 heavy (non-hydrogen) atoms. The van der Waals surface area contributed by atoms with E-state index in [0.29, 0.717) is 19.5 Å². The molecule has 0 aromatic heterocycles. The fourth-order valence-electron chi connectivity index (χ4n) is 1.44. The van der Waals surface area contributed by atoms with Crippen molar-refractivity contribution < 1.29 is 9.59 Å². The van der Waals surface area contributed by atoms with Crippen LogP contribution in [0.2, 0.25) is 0 Å². The molecular weight excluding hydrogens is 242 g/mol. The molecule has 0 heterocycles. The van der Waals surface area contributed by atoms with Gasteiger partial charge in [-0.15, -0.1) is 0 Å². The van der Waals surface area contributed by atoms with Crippen LogP contribution in [0.25, 0.3) is 0 Å². The Morgan fingerprint density at radius 1 is 1.11 bits per heavy atom. The van der Waals surface area contributed by atoms with Crippen LogP contribution in [0.15, 0.2) is 30.3 Å². The van der Waals surface area contributed by atoms with E-state index in [0.717, 1.165) is 5.56 Å². The number of carbonyl (C=O) groups is 2. The number of hydrogen-bond acceptors (Lipinski definition) is 3. The molecule has 1 aromatic carbocycles. The van der Waals surface area contributed by atoms with Gasteiger partial charge in [-0.25, -0.2) is 0 Å². The van der Waals surface area contributed by atoms with E-state index in [1.165, 1.54) is 0 Å². The van der Waals surface area contributed by atoms with E-state index in [4.69, 9.17) is 5.73 Å². The first kappa shape index (κ1) is 15.2. The zero-order valence-electron chi connectivity index (χ0n) is 11.4. The third-order valence-electron chi connectivity index (χ3n) is 2.56. The van der Waals surface area contributed by atoms with Gasteiger partial charge in [-0.2, -0.15) is 0 Å². The summed E-state index contributed by atoms with van der Waals surface area (Å²) in [5.74, 6) is -1.25. The molecule has 0 aliphatic heterocycles. The second kappa shape index (κ2) is 6.89. The van der Waals surface area contributed by atoms with Gasteiger partial charge in [0.15, 0.2) is 0 Å². The van der Waals surface area contributed by atoms with Crippen molar-refractivity contribution in [3.8, 4) is 0 Å². The Balaban J connectivity index is 2.28. The highest BCUT2D eigenvalue weighted by Gasteiger charge is 2.15. The van der Waals surface area contributed by atoms with Crippen LogP contribution in [-0.4, -0.2) is 23.9 Å². The topological polar surface area (TPSA) is 84.2 Å². The first-order valence-electron chi connectivity index (χ1n) is 6.27. The van der Waals surface area contributed by atoms with E-state index in [2.05, 4.69) is 10.6 Å². The summed E-state index contributed by atoms with van der Waals surface area (Å²) >= 11 is 0. The lowest BCUT2D eigenvalue weighted by atomic mass is 10.0. The number of hydrogen-bond donors (Lipinski definition) is 3. The third kappa shape index (κ3) is 6.57. The fourth-order valence-corrected chi connectivity index (χ4v) is 1.44. The first-order valence-corrected chi connectivity index (χ1v) is 6.27. The molecular formula is C14H21N3O2. The standard InChI is InChI=1S/C14H21N3O2/c1-14(2,15)8-9-16-12(18)13(19)17-10-11-6-4-3-5-7-11/h3-7H,8-10,15H2,1-2H3,(H,16,18)(H,17,19). The largest absolute Gasteiger partial charge is 0.348 e. The van der Waals surface area contributed by atoms with Crippen LogP contribution >= 0.6 is 0 Å². The summed E-state index contributed by atoms with van der Waals surface area (Å²) in [6.45, 7) is 4.47. The molecule has 0 unspecified atom stereocenters. The molecule has 0 bridgehead atoms. The lowest BCUT2D eigenvalue weighted by molar-refractivity contribution is -0.139. The fraction of sp³-hybridized carbons (Fsp3) is 0.429. The van der Waals surface area contributed by atoms with E-state index in [9.17, 15) is 9.59 Å². The Bertz CT molecular complexity index is 424. The van der Waals surface area contributed by atoms with Gasteiger partial charge < -0.3 is 16.4 Å².